The standard InChI is InChI=1S/C17H22FNO3/c1-11(19-17(20)16-3-2-8-21-16)13-6-7-15(14(18)9-13)22-10-12-4-5-12/h6-7,9,11-12,16H,2-5,8,10H2,1H3,(H,19,20)/t11-,16-/m1/s1. The summed E-state index contributed by atoms with van der Waals surface area (Å²) in [5, 5.41) is 2.87. The summed E-state index contributed by atoms with van der Waals surface area (Å²) in [6.07, 6.45) is 3.64. The number of ether oxygens (including phenoxy) is 2. The van der Waals surface area contributed by atoms with Gasteiger partial charge in [-0.15, -0.1) is 0 Å². The minimum Gasteiger partial charge on any atom is -0.490 e. The van der Waals surface area contributed by atoms with Crippen molar-refractivity contribution in [1.29, 1.82) is 0 Å². The Labute approximate surface area is 130 Å². The zero-order valence-electron chi connectivity index (χ0n) is 12.8. The Morgan fingerprint density at radius 3 is 2.91 bits per heavy atom. The highest BCUT2D eigenvalue weighted by Crippen LogP contribution is 2.30. The molecule has 1 aromatic carbocycles. The predicted molar refractivity (Wildman–Crippen MR) is 80.2 cm³/mol. The lowest BCUT2D eigenvalue weighted by Crippen LogP contribution is -2.35. The molecule has 1 aliphatic heterocycles. The van der Waals surface area contributed by atoms with Crippen molar-refractivity contribution in [2.75, 3.05) is 13.2 Å². The molecule has 4 nitrogen and oxygen atoms in total. The van der Waals surface area contributed by atoms with Gasteiger partial charge in [0.05, 0.1) is 12.6 Å². The van der Waals surface area contributed by atoms with Crippen LogP contribution >= 0.6 is 0 Å². The average Bonchev–Trinajstić information content (AvgIpc) is 3.16. The highest BCUT2D eigenvalue weighted by Gasteiger charge is 2.25. The van der Waals surface area contributed by atoms with E-state index in [0.717, 1.165) is 18.4 Å². The second-order valence-corrected chi connectivity index (χ2v) is 6.18. The SMILES string of the molecule is C[C@@H](NC(=O)[C@H]1CCCO1)c1ccc(OCC2CC2)c(F)c1. The van der Waals surface area contributed by atoms with Gasteiger partial charge in [-0.1, -0.05) is 6.07 Å². The first kappa shape index (κ1) is 15.3. The van der Waals surface area contributed by atoms with Crippen LogP contribution in [0.2, 0.25) is 0 Å². The molecule has 2 aliphatic rings. The van der Waals surface area contributed by atoms with Gasteiger partial charge < -0.3 is 14.8 Å². The number of carbonyl (C=O) groups is 1. The molecule has 22 heavy (non-hydrogen) atoms. The van der Waals surface area contributed by atoms with Crippen LogP contribution in [0.3, 0.4) is 0 Å². The van der Waals surface area contributed by atoms with Crippen molar-refractivity contribution in [3.63, 3.8) is 0 Å². The largest absolute Gasteiger partial charge is 0.490 e. The Hall–Kier alpha value is -1.62. The molecule has 1 aliphatic carbocycles. The monoisotopic (exact) mass is 307 g/mol. The van der Waals surface area contributed by atoms with Crippen molar-refractivity contribution in [3.05, 3.63) is 29.6 Å². The van der Waals surface area contributed by atoms with E-state index >= 15 is 0 Å². The van der Waals surface area contributed by atoms with Crippen molar-refractivity contribution in [2.45, 2.75) is 44.8 Å². The third-order valence-corrected chi connectivity index (χ3v) is 4.21. The molecule has 0 unspecified atom stereocenters. The number of nitrogens with one attached hydrogen (secondary N) is 1. The Kier molecular flexibility index (Phi) is 4.62. The average molecular weight is 307 g/mol. The second kappa shape index (κ2) is 6.65. The first-order valence-electron chi connectivity index (χ1n) is 7.97. The van der Waals surface area contributed by atoms with Crippen molar-refractivity contribution in [3.8, 4) is 5.75 Å². The molecule has 0 radical (unpaired) electrons. The first-order chi connectivity index (χ1) is 10.6. The topological polar surface area (TPSA) is 47.6 Å². The van der Waals surface area contributed by atoms with Gasteiger partial charge in [0.25, 0.3) is 0 Å². The third kappa shape index (κ3) is 3.77. The van der Waals surface area contributed by atoms with Crippen LogP contribution in [0.15, 0.2) is 18.2 Å². The summed E-state index contributed by atoms with van der Waals surface area (Å²) in [7, 11) is 0. The summed E-state index contributed by atoms with van der Waals surface area (Å²) >= 11 is 0. The van der Waals surface area contributed by atoms with E-state index in [1.807, 2.05) is 6.92 Å². The normalized spacial score (nSPS) is 22.4. The molecule has 1 saturated heterocycles. The zero-order valence-corrected chi connectivity index (χ0v) is 12.8. The highest BCUT2D eigenvalue weighted by atomic mass is 19.1. The summed E-state index contributed by atoms with van der Waals surface area (Å²) in [5.74, 6) is 0.368. The molecule has 1 amide bonds. The lowest BCUT2D eigenvalue weighted by molar-refractivity contribution is -0.130. The van der Waals surface area contributed by atoms with E-state index < -0.39 is 0 Å². The van der Waals surface area contributed by atoms with Crippen molar-refractivity contribution >= 4 is 5.91 Å². The number of amides is 1. The summed E-state index contributed by atoms with van der Waals surface area (Å²) in [6, 6.07) is 4.61. The second-order valence-electron chi connectivity index (χ2n) is 6.18. The number of halogens is 1. The molecular weight excluding hydrogens is 285 g/mol. The van der Waals surface area contributed by atoms with Crippen LogP contribution in [0.5, 0.6) is 5.75 Å². The lowest BCUT2D eigenvalue weighted by atomic mass is 10.1. The number of hydrogen-bond acceptors (Lipinski definition) is 3. The molecule has 1 N–H and O–H groups in total. The lowest BCUT2D eigenvalue weighted by Gasteiger charge is -2.18. The third-order valence-electron chi connectivity index (χ3n) is 4.21. The van der Waals surface area contributed by atoms with E-state index in [9.17, 15) is 9.18 Å². The van der Waals surface area contributed by atoms with E-state index in [1.165, 1.54) is 18.9 Å². The minimum absolute atomic E-state index is 0.125. The van der Waals surface area contributed by atoms with E-state index in [-0.39, 0.29) is 29.6 Å². The Balaban J connectivity index is 1.57. The van der Waals surface area contributed by atoms with Crippen LogP contribution < -0.4 is 10.1 Å². The maximum atomic E-state index is 14.1. The fourth-order valence-electron chi connectivity index (χ4n) is 2.57. The molecule has 0 aromatic heterocycles. The number of rotatable bonds is 6. The Morgan fingerprint density at radius 2 is 2.27 bits per heavy atom. The summed E-state index contributed by atoms with van der Waals surface area (Å²) < 4.78 is 24.9. The predicted octanol–water partition coefficient (Wildman–Crippen LogP) is 2.97. The van der Waals surface area contributed by atoms with Crippen LogP contribution in [0.25, 0.3) is 0 Å². The fourth-order valence-corrected chi connectivity index (χ4v) is 2.57. The molecule has 1 aromatic rings. The molecule has 1 saturated carbocycles. The van der Waals surface area contributed by atoms with Gasteiger partial charge in [-0.2, -0.15) is 0 Å². The van der Waals surface area contributed by atoms with Gasteiger partial charge >= 0.3 is 0 Å². The number of hydrogen-bond donors (Lipinski definition) is 1. The molecule has 3 rings (SSSR count). The summed E-state index contributed by atoms with van der Waals surface area (Å²) in [4.78, 5) is 12.0. The van der Waals surface area contributed by atoms with Gasteiger partial charge in [-0.3, -0.25) is 4.79 Å². The van der Waals surface area contributed by atoms with Gasteiger partial charge in [0.15, 0.2) is 11.6 Å². The zero-order chi connectivity index (χ0) is 15.5. The van der Waals surface area contributed by atoms with Crippen LogP contribution in [0, 0.1) is 11.7 Å². The molecule has 5 heteroatoms. The molecular formula is C17H22FNO3. The van der Waals surface area contributed by atoms with E-state index in [2.05, 4.69) is 5.32 Å². The molecule has 120 valence electrons. The van der Waals surface area contributed by atoms with Crippen LogP contribution in [0.4, 0.5) is 4.39 Å². The molecule has 0 spiro atoms. The number of carbonyl (C=O) groups excluding carboxylic acids is 1. The number of benzene rings is 1. The maximum absolute atomic E-state index is 14.1. The summed E-state index contributed by atoms with van der Waals surface area (Å²) in [5.41, 5.74) is 0.725. The minimum atomic E-state index is -0.378. The first-order valence-corrected chi connectivity index (χ1v) is 7.97. The molecule has 2 fully saturated rings. The van der Waals surface area contributed by atoms with E-state index in [4.69, 9.17) is 9.47 Å². The highest BCUT2D eigenvalue weighted by molar-refractivity contribution is 5.81. The van der Waals surface area contributed by atoms with Crippen molar-refractivity contribution < 1.29 is 18.7 Å². The maximum Gasteiger partial charge on any atom is 0.249 e. The van der Waals surface area contributed by atoms with E-state index in [0.29, 0.717) is 19.1 Å². The fraction of sp³-hybridized carbons (Fsp3) is 0.588. The van der Waals surface area contributed by atoms with Gasteiger partial charge in [0.2, 0.25) is 5.91 Å². The van der Waals surface area contributed by atoms with E-state index in [1.54, 1.807) is 12.1 Å². The van der Waals surface area contributed by atoms with Crippen LogP contribution in [0.1, 0.15) is 44.2 Å². The molecule has 1 heterocycles. The van der Waals surface area contributed by atoms with Gasteiger partial charge in [0.1, 0.15) is 6.10 Å². The quantitative estimate of drug-likeness (QED) is 0.879. The van der Waals surface area contributed by atoms with Crippen LogP contribution in [-0.4, -0.2) is 25.2 Å². The van der Waals surface area contributed by atoms with Gasteiger partial charge in [-0.25, -0.2) is 4.39 Å². The van der Waals surface area contributed by atoms with Crippen LogP contribution in [-0.2, 0) is 9.53 Å². The molecule has 0 bridgehead atoms. The smallest absolute Gasteiger partial charge is 0.249 e. The van der Waals surface area contributed by atoms with Gasteiger partial charge in [0, 0.05) is 6.61 Å². The van der Waals surface area contributed by atoms with Crippen molar-refractivity contribution in [1.82, 2.24) is 5.32 Å². The van der Waals surface area contributed by atoms with Crippen molar-refractivity contribution in [2.24, 2.45) is 5.92 Å². The Morgan fingerprint density at radius 1 is 1.45 bits per heavy atom. The van der Waals surface area contributed by atoms with Gasteiger partial charge in [-0.05, 0) is 56.2 Å². The molecule has 2 atom stereocenters. The Bertz CT molecular complexity index is 539. The summed E-state index contributed by atoms with van der Waals surface area (Å²) in [6.45, 7) is 3.06.